The topological polar surface area (TPSA) is 75.3 Å². The minimum atomic E-state index is -3.65. The van der Waals surface area contributed by atoms with Gasteiger partial charge in [0.15, 0.2) is 0 Å². The molecule has 1 amide bonds. The van der Waals surface area contributed by atoms with Crippen LogP contribution in [0.3, 0.4) is 0 Å². The van der Waals surface area contributed by atoms with Crippen molar-refractivity contribution in [3.63, 3.8) is 0 Å². The molecule has 5 nitrogen and oxygen atoms in total. The number of sulfonamides is 1. The number of nitrogens with one attached hydrogen (secondary N) is 2. The summed E-state index contributed by atoms with van der Waals surface area (Å²) >= 11 is 0. The summed E-state index contributed by atoms with van der Waals surface area (Å²) in [4.78, 5) is 11.8. The van der Waals surface area contributed by atoms with Crippen LogP contribution in [0.15, 0.2) is 53.4 Å². The number of carbonyl (C=O) groups excluding carboxylic acids is 1. The molecule has 1 aliphatic carbocycles. The van der Waals surface area contributed by atoms with E-state index in [0.29, 0.717) is 17.2 Å². The average Bonchev–Trinajstić information content (AvgIpc) is 2.68. The van der Waals surface area contributed by atoms with Gasteiger partial charge in [0.05, 0.1) is 4.90 Å². The van der Waals surface area contributed by atoms with Gasteiger partial charge in [-0.1, -0.05) is 31.4 Å². The molecule has 0 heterocycles. The molecule has 2 aromatic carbocycles. The minimum Gasteiger partial charge on any atom is -0.355 e. The van der Waals surface area contributed by atoms with Gasteiger partial charge in [-0.2, -0.15) is 0 Å². The second-order valence-electron chi connectivity index (χ2n) is 6.67. The van der Waals surface area contributed by atoms with Crippen LogP contribution in [0.25, 0.3) is 0 Å². The highest BCUT2D eigenvalue weighted by molar-refractivity contribution is 7.92. The first-order valence-electron chi connectivity index (χ1n) is 8.94. The Morgan fingerprint density at radius 3 is 2.12 bits per heavy atom. The van der Waals surface area contributed by atoms with Crippen molar-refractivity contribution in [2.24, 2.45) is 0 Å². The summed E-state index contributed by atoms with van der Waals surface area (Å²) in [5, 5.41) is 2.53. The highest BCUT2D eigenvalue weighted by Crippen LogP contribution is 2.33. The molecule has 0 saturated heterocycles. The monoisotopic (exact) mass is 372 g/mol. The summed E-state index contributed by atoms with van der Waals surface area (Å²) < 4.78 is 27.7. The van der Waals surface area contributed by atoms with E-state index in [1.165, 1.54) is 37.7 Å². The van der Waals surface area contributed by atoms with E-state index < -0.39 is 10.0 Å². The molecule has 26 heavy (non-hydrogen) atoms. The Labute approximate surface area is 154 Å². The highest BCUT2D eigenvalue weighted by atomic mass is 32.2. The van der Waals surface area contributed by atoms with E-state index >= 15 is 0 Å². The van der Waals surface area contributed by atoms with E-state index in [1.54, 1.807) is 43.4 Å². The van der Waals surface area contributed by atoms with Crippen molar-refractivity contribution in [3.8, 4) is 0 Å². The molecule has 0 aromatic heterocycles. The van der Waals surface area contributed by atoms with E-state index in [1.807, 2.05) is 12.1 Å². The van der Waals surface area contributed by atoms with Crippen LogP contribution in [0.1, 0.15) is 53.9 Å². The third kappa shape index (κ3) is 4.25. The second kappa shape index (κ2) is 7.91. The van der Waals surface area contributed by atoms with Crippen molar-refractivity contribution in [1.29, 1.82) is 0 Å². The average molecular weight is 372 g/mol. The van der Waals surface area contributed by atoms with Gasteiger partial charge in [-0.3, -0.25) is 9.52 Å². The molecule has 6 heteroatoms. The van der Waals surface area contributed by atoms with Crippen molar-refractivity contribution in [2.75, 3.05) is 11.8 Å². The zero-order valence-corrected chi connectivity index (χ0v) is 15.7. The van der Waals surface area contributed by atoms with Crippen LogP contribution in [0.4, 0.5) is 5.69 Å². The summed E-state index contributed by atoms with van der Waals surface area (Å²) in [6.45, 7) is 0. The van der Waals surface area contributed by atoms with Crippen LogP contribution in [-0.4, -0.2) is 21.4 Å². The lowest BCUT2D eigenvalue weighted by Crippen LogP contribution is -2.18. The van der Waals surface area contributed by atoms with Crippen molar-refractivity contribution in [2.45, 2.75) is 42.9 Å². The van der Waals surface area contributed by atoms with Crippen molar-refractivity contribution in [1.82, 2.24) is 5.32 Å². The first-order valence-corrected chi connectivity index (χ1v) is 10.4. The molecule has 0 unspecified atom stereocenters. The summed E-state index contributed by atoms with van der Waals surface area (Å²) in [7, 11) is -2.10. The van der Waals surface area contributed by atoms with E-state index in [2.05, 4.69) is 10.0 Å². The molecule has 0 spiro atoms. The molecule has 0 radical (unpaired) electrons. The summed E-state index contributed by atoms with van der Waals surface area (Å²) in [5.41, 5.74) is 2.12. The lowest BCUT2D eigenvalue weighted by molar-refractivity contribution is 0.0963. The molecule has 0 bridgehead atoms. The Bertz CT molecular complexity index is 853. The lowest BCUT2D eigenvalue weighted by atomic mass is 9.84. The Hall–Kier alpha value is -2.34. The summed E-state index contributed by atoms with van der Waals surface area (Å²) in [6.07, 6.45) is 6.16. The van der Waals surface area contributed by atoms with Gasteiger partial charge in [-0.25, -0.2) is 8.42 Å². The molecule has 1 aliphatic rings. The van der Waals surface area contributed by atoms with Gasteiger partial charge >= 0.3 is 0 Å². The largest absolute Gasteiger partial charge is 0.355 e. The number of hydrogen-bond acceptors (Lipinski definition) is 3. The first kappa shape index (κ1) is 18.5. The number of anilines is 1. The highest BCUT2D eigenvalue weighted by Gasteiger charge is 2.18. The summed E-state index contributed by atoms with van der Waals surface area (Å²) in [5.74, 6) is 0.337. The molecule has 3 rings (SSSR count). The molecule has 0 atom stereocenters. The fraction of sp³-hybridized carbons (Fsp3) is 0.350. The molecule has 0 aliphatic heterocycles. The van der Waals surface area contributed by atoms with Crippen LogP contribution in [0, 0.1) is 0 Å². The number of carbonyl (C=O) groups is 1. The van der Waals surface area contributed by atoms with E-state index in [9.17, 15) is 13.2 Å². The van der Waals surface area contributed by atoms with Gasteiger partial charge in [0.25, 0.3) is 15.9 Å². The maximum atomic E-state index is 12.6. The molecular formula is C20H24N2O3S. The van der Waals surface area contributed by atoms with Gasteiger partial charge in [-0.05, 0) is 60.7 Å². The molecule has 1 saturated carbocycles. The Morgan fingerprint density at radius 2 is 1.54 bits per heavy atom. The van der Waals surface area contributed by atoms with Gasteiger partial charge in [0.2, 0.25) is 0 Å². The van der Waals surface area contributed by atoms with Crippen LogP contribution in [0.2, 0.25) is 0 Å². The third-order valence-electron chi connectivity index (χ3n) is 4.89. The SMILES string of the molecule is CNC(=O)c1ccc(NS(=O)(=O)c2ccc(C3CCCCC3)cc2)cc1. The van der Waals surface area contributed by atoms with Crippen molar-refractivity contribution in [3.05, 3.63) is 59.7 Å². The van der Waals surface area contributed by atoms with Crippen LogP contribution in [0.5, 0.6) is 0 Å². The van der Waals surface area contributed by atoms with Crippen LogP contribution >= 0.6 is 0 Å². The normalized spacial score (nSPS) is 15.4. The maximum absolute atomic E-state index is 12.6. The second-order valence-corrected chi connectivity index (χ2v) is 8.35. The lowest BCUT2D eigenvalue weighted by Gasteiger charge is -2.22. The molecule has 138 valence electrons. The van der Waals surface area contributed by atoms with E-state index in [-0.39, 0.29) is 10.8 Å². The van der Waals surface area contributed by atoms with Gasteiger partial charge in [0, 0.05) is 18.3 Å². The fourth-order valence-corrected chi connectivity index (χ4v) is 4.46. The minimum absolute atomic E-state index is 0.210. The standard InChI is InChI=1S/C20H24N2O3S/c1-21-20(23)17-7-11-18(12-8-17)22-26(24,25)19-13-9-16(10-14-19)15-5-3-2-4-6-15/h7-15,22H,2-6H2,1H3,(H,21,23). The van der Waals surface area contributed by atoms with E-state index in [0.717, 1.165) is 0 Å². The summed E-state index contributed by atoms with van der Waals surface area (Å²) in [6, 6.07) is 13.5. The van der Waals surface area contributed by atoms with Gasteiger partial charge in [0.1, 0.15) is 0 Å². The van der Waals surface area contributed by atoms with Crippen molar-refractivity contribution >= 4 is 21.6 Å². The van der Waals surface area contributed by atoms with Gasteiger partial charge < -0.3 is 5.32 Å². The zero-order chi connectivity index (χ0) is 18.6. The van der Waals surface area contributed by atoms with E-state index in [4.69, 9.17) is 0 Å². The number of hydrogen-bond donors (Lipinski definition) is 2. The molecule has 2 aromatic rings. The third-order valence-corrected chi connectivity index (χ3v) is 6.29. The van der Waals surface area contributed by atoms with Gasteiger partial charge in [-0.15, -0.1) is 0 Å². The quantitative estimate of drug-likeness (QED) is 0.836. The number of benzene rings is 2. The fourth-order valence-electron chi connectivity index (χ4n) is 3.40. The number of amides is 1. The molecular weight excluding hydrogens is 348 g/mol. The van der Waals surface area contributed by atoms with Crippen LogP contribution in [-0.2, 0) is 10.0 Å². The smallest absolute Gasteiger partial charge is 0.261 e. The predicted molar refractivity (Wildman–Crippen MR) is 103 cm³/mol. The van der Waals surface area contributed by atoms with Crippen molar-refractivity contribution < 1.29 is 13.2 Å². The zero-order valence-electron chi connectivity index (χ0n) is 14.9. The maximum Gasteiger partial charge on any atom is 0.261 e. The molecule has 1 fully saturated rings. The Kier molecular flexibility index (Phi) is 5.61. The first-order chi connectivity index (χ1) is 12.5. The number of rotatable bonds is 5. The van der Waals surface area contributed by atoms with Crippen LogP contribution < -0.4 is 10.0 Å². The molecule has 2 N–H and O–H groups in total. The Morgan fingerprint density at radius 1 is 0.923 bits per heavy atom. The Balaban J connectivity index is 1.72. The predicted octanol–water partition coefficient (Wildman–Crippen LogP) is 3.89.